The Bertz CT molecular complexity index is 662. The zero-order valence-corrected chi connectivity index (χ0v) is 12.6. The van der Waals surface area contributed by atoms with Crippen LogP contribution >= 0.6 is 11.6 Å². The van der Waals surface area contributed by atoms with Crippen molar-refractivity contribution in [3.8, 4) is 0 Å². The van der Waals surface area contributed by atoms with Crippen molar-refractivity contribution < 1.29 is 18.0 Å². The molecule has 2 heterocycles. The van der Waals surface area contributed by atoms with Gasteiger partial charge in [0, 0.05) is 18.2 Å². The third-order valence-corrected chi connectivity index (χ3v) is 5.15. The third kappa shape index (κ3) is 4.68. The summed E-state index contributed by atoms with van der Waals surface area (Å²) < 4.78 is 22.6. The normalized spacial score (nSPS) is 20.0. The number of hydrazine groups is 1. The van der Waals surface area contributed by atoms with E-state index in [2.05, 4.69) is 15.8 Å². The lowest BCUT2D eigenvalue weighted by molar-refractivity contribution is -0.122. The Balaban J connectivity index is 1.80. The van der Waals surface area contributed by atoms with Gasteiger partial charge in [0.05, 0.1) is 11.5 Å². The number of nitrogens with one attached hydrogen (secondary N) is 2. The molecule has 2 rings (SSSR count). The summed E-state index contributed by atoms with van der Waals surface area (Å²) in [6.07, 6.45) is 1.92. The smallest absolute Gasteiger partial charge is 0.269 e. The molecule has 1 aromatic heterocycles. The molecule has 0 saturated carbocycles. The van der Waals surface area contributed by atoms with Crippen molar-refractivity contribution in [1.82, 2.24) is 15.8 Å². The molecule has 0 radical (unpaired) electrons. The van der Waals surface area contributed by atoms with E-state index >= 15 is 0 Å². The van der Waals surface area contributed by atoms with Crippen molar-refractivity contribution in [3.63, 3.8) is 0 Å². The molecular weight excluding hydrogens is 318 g/mol. The number of amides is 2. The molecule has 2 N–H and O–H groups in total. The van der Waals surface area contributed by atoms with Gasteiger partial charge in [-0.15, -0.1) is 0 Å². The van der Waals surface area contributed by atoms with Crippen molar-refractivity contribution in [2.75, 3.05) is 11.5 Å². The number of halogens is 1. The molecule has 21 heavy (non-hydrogen) atoms. The lowest BCUT2D eigenvalue weighted by Gasteiger charge is -2.10. The molecule has 1 aliphatic rings. The Morgan fingerprint density at radius 2 is 2.14 bits per heavy atom. The van der Waals surface area contributed by atoms with E-state index in [1.165, 1.54) is 18.3 Å². The zero-order valence-electron chi connectivity index (χ0n) is 11.0. The van der Waals surface area contributed by atoms with E-state index < -0.39 is 21.7 Å². The van der Waals surface area contributed by atoms with E-state index in [-0.39, 0.29) is 34.6 Å². The summed E-state index contributed by atoms with van der Waals surface area (Å²) in [5.74, 6) is -0.999. The van der Waals surface area contributed by atoms with E-state index in [1.807, 2.05) is 0 Å². The molecule has 0 bridgehead atoms. The summed E-state index contributed by atoms with van der Waals surface area (Å²) in [5.41, 5.74) is 4.77. The Morgan fingerprint density at radius 3 is 2.76 bits per heavy atom. The van der Waals surface area contributed by atoms with Crippen molar-refractivity contribution in [3.05, 3.63) is 29.0 Å². The molecular formula is C12H14ClN3O4S. The summed E-state index contributed by atoms with van der Waals surface area (Å²) in [5, 5.41) is 0.171. The van der Waals surface area contributed by atoms with E-state index in [1.54, 1.807) is 0 Å². The van der Waals surface area contributed by atoms with Gasteiger partial charge >= 0.3 is 0 Å². The fraction of sp³-hybridized carbons (Fsp3) is 0.417. The Hall–Kier alpha value is -1.67. The van der Waals surface area contributed by atoms with Crippen molar-refractivity contribution in [2.24, 2.45) is 5.92 Å². The zero-order chi connectivity index (χ0) is 15.5. The van der Waals surface area contributed by atoms with Crippen LogP contribution in [0.5, 0.6) is 0 Å². The van der Waals surface area contributed by atoms with E-state index in [9.17, 15) is 18.0 Å². The van der Waals surface area contributed by atoms with Crippen LogP contribution in [0.2, 0.25) is 5.15 Å². The lowest BCUT2D eigenvalue weighted by atomic mass is 10.1. The van der Waals surface area contributed by atoms with E-state index in [4.69, 9.17) is 11.6 Å². The van der Waals surface area contributed by atoms with Gasteiger partial charge in [0.15, 0.2) is 9.84 Å². The van der Waals surface area contributed by atoms with Gasteiger partial charge in [0.25, 0.3) is 5.91 Å². The molecule has 1 unspecified atom stereocenters. The van der Waals surface area contributed by atoms with Crippen LogP contribution in [0.15, 0.2) is 18.3 Å². The average molecular weight is 332 g/mol. The first-order chi connectivity index (χ1) is 9.85. The van der Waals surface area contributed by atoms with Crippen LogP contribution in [0.3, 0.4) is 0 Å². The fourth-order valence-electron chi connectivity index (χ4n) is 2.09. The molecule has 1 fully saturated rings. The highest BCUT2D eigenvalue weighted by Crippen LogP contribution is 2.21. The maximum Gasteiger partial charge on any atom is 0.269 e. The summed E-state index contributed by atoms with van der Waals surface area (Å²) in [6, 6.07) is 2.82. The SMILES string of the molecule is O=C(CC1CCS(=O)(=O)C1)NNC(=O)c1ccnc(Cl)c1. The molecule has 1 atom stereocenters. The second kappa shape index (κ2) is 6.40. The van der Waals surface area contributed by atoms with Crippen LogP contribution in [-0.4, -0.2) is 36.7 Å². The molecule has 1 aromatic rings. The number of hydrogen-bond acceptors (Lipinski definition) is 5. The molecule has 0 spiro atoms. The second-order valence-corrected chi connectivity index (χ2v) is 7.46. The molecule has 0 aromatic carbocycles. The van der Waals surface area contributed by atoms with Crippen molar-refractivity contribution in [1.29, 1.82) is 0 Å². The largest absolute Gasteiger partial charge is 0.273 e. The molecule has 1 aliphatic heterocycles. The molecule has 9 heteroatoms. The average Bonchev–Trinajstić information content (AvgIpc) is 2.75. The quantitative estimate of drug-likeness (QED) is 0.613. The minimum Gasteiger partial charge on any atom is -0.273 e. The highest BCUT2D eigenvalue weighted by atomic mass is 35.5. The monoisotopic (exact) mass is 331 g/mol. The maximum absolute atomic E-state index is 11.7. The van der Waals surface area contributed by atoms with Crippen LogP contribution in [0.4, 0.5) is 0 Å². The Labute approximate surface area is 127 Å². The molecule has 2 amide bonds. The minimum absolute atomic E-state index is 0.0222. The third-order valence-electron chi connectivity index (χ3n) is 3.11. The van der Waals surface area contributed by atoms with Gasteiger partial charge in [0.2, 0.25) is 5.91 Å². The van der Waals surface area contributed by atoms with E-state index in [0.29, 0.717) is 6.42 Å². The van der Waals surface area contributed by atoms with Crippen LogP contribution < -0.4 is 10.9 Å². The first-order valence-electron chi connectivity index (χ1n) is 6.27. The van der Waals surface area contributed by atoms with Gasteiger partial charge in [-0.1, -0.05) is 11.6 Å². The summed E-state index contributed by atoms with van der Waals surface area (Å²) in [4.78, 5) is 27.1. The second-order valence-electron chi connectivity index (χ2n) is 4.84. The predicted octanol–water partition coefficient (Wildman–Crippen LogP) is 0.321. The fourth-order valence-corrected chi connectivity index (χ4v) is 4.12. The predicted molar refractivity (Wildman–Crippen MR) is 76.2 cm³/mol. The topological polar surface area (TPSA) is 105 Å². The standard InChI is InChI=1S/C12H14ClN3O4S/c13-10-6-9(1-3-14-10)12(18)16-15-11(17)5-8-2-4-21(19,20)7-8/h1,3,6,8H,2,4-5,7H2,(H,15,17)(H,16,18). The Morgan fingerprint density at radius 1 is 1.38 bits per heavy atom. The van der Waals surface area contributed by atoms with Crippen LogP contribution in [0, 0.1) is 5.92 Å². The number of sulfone groups is 1. The highest BCUT2D eigenvalue weighted by molar-refractivity contribution is 7.91. The van der Waals surface area contributed by atoms with Gasteiger partial charge in [-0.3, -0.25) is 20.4 Å². The van der Waals surface area contributed by atoms with Gasteiger partial charge in [-0.2, -0.15) is 0 Å². The van der Waals surface area contributed by atoms with Crippen molar-refractivity contribution >= 4 is 33.3 Å². The van der Waals surface area contributed by atoms with Crippen LogP contribution in [0.25, 0.3) is 0 Å². The number of hydrogen-bond donors (Lipinski definition) is 2. The van der Waals surface area contributed by atoms with Crippen LogP contribution in [0.1, 0.15) is 23.2 Å². The Kier molecular flexibility index (Phi) is 4.79. The summed E-state index contributed by atoms with van der Waals surface area (Å²) in [6.45, 7) is 0. The first-order valence-corrected chi connectivity index (χ1v) is 8.47. The van der Waals surface area contributed by atoms with Crippen LogP contribution in [-0.2, 0) is 14.6 Å². The molecule has 7 nitrogen and oxygen atoms in total. The lowest BCUT2D eigenvalue weighted by Crippen LogP contribution is -2.42. The van der Waals surface area contributed by atoms with Gasteiger partial charge in [0.1, 0.15) is 5.15 Å². The van der Waals surface area contributed by atoms with Gasteiger partial charge < -0.3 is 0 Å². The molecule has 0 aliphatic carbocycles. The van der Waals surface area contributed by atoms with Crippen molar-refractivity contribution in [2.45, 2.75) is 12.8 Å². The molecule has 1 saturated heterocycles. The number of rotatable bonds is 3. The summed E-state index contributed by atoms with van der Waals surface area (Å²) >= 11 is 5.66. The van der Waals surface area contributed by atoms with Gasteiger partial charge in [-0.25, -0.2) is 13.4 Å². The number of nitrogens with zero attached hydrogens (tertiary/aromatic N) is 1. The van der Waals surface area contributed by atoms with E-state index in [0.717, 1.165) is 0 Å². The number of carbonyl (C=O) groups excluding carboxylic acids is 2. The number of pyridine rings is 1. The summed E-state index contributed by atoms with van der Waals surface area (Å²) in [7, 11) is -3.01. The molecule has 114 valence electrons. The first kappa shape index (κ1) is 15.7. The number of carbonyl (C=O) groups is 2. The van der Waals surface area contributed by atoms with Gasteiger partial charge in [-0.05, 0) is 24.5 Å². The number of aromatic nitrogens is 1. The maximum atomic E-state index is 11.7. The minimum atomic E-state index is -3.01. The highest BCUT2D eigenvalue weighted by Gasteiger charge is 2.29.